The highest BCUT2D eigenvalue weighted by molar-refractivity contribution is 6.30. The van der Waals surface area contributed by atoms with Gasteiger partial charge in [0.05, 0.1) is 48.5 Å². The van der Waals surface area contributed by atoms with E-state index < -0.39 is 17.6 Å². The number of aromatic nitrogens is 2. The van der Waals surface area contributed by atoms with Crippen molar-refractivity contribution in [2.45, 2.75) is 44.4 Å². The molecule has 11 heteroatoms. The molecule has 9 nitrogen and oxygen atoms in total. The number of nitrogens with zero attached hydrogens (tertiary/aromatic N) is 4. The smallest absolute Gasteiger partial charge is 0.335 e. The van der Waals surface area contributed by atoms with Crippen LogP contribution in [0.1, 0.15) is 35.1 Å². The van der Waals surface area contributed by atoms with E-state index in [-0.39, 0.29) is 17.8 Å². The summed E-state index contributed by atoms with van der Waals surface area (Å²) in [4.78, 5) is 21.1. The van der Waals surface area contributed by atoms with E-state index in [0.717, 1.165) is 56.1 Å². The van der Waals surface area contributed by atoms with Gasteiger partial charge in [-0.1, -0.05) is 11.6 Å². The molecule has 0 saturated carbocycles. The number of carboxylic acids is 1. The number of piperazine rings is 1. The monoisotopic (exact) mass is 558 g/mol. The summed E-state index contributed by atoms with van der Waals surface area (Å²) >= 11 is 5.90. The minimum absolute atomic E-state index is 0.132. The second-order valence-electron chi connectivity index (χ2n) is 10.6. The van der Waals surface area contributed by atoms with Crippen molar-refractivity contribution in [1.29, 1.82) is 0 Å². The van der Waals surface area contributed by atoms with Crippen LogP contribution in [0, 0.1) is 5.82 Å². The van der Waals surface area contributed by atoms with Gasteiger partial charge in [-0.05, 0) is 49.7 Å². The predicted molar refractivity (Wildman–Crippen MR) is 142 cm³/mol. The number of carbonyl (C=O) groups is 1. The summed E-state index contributed by atoms with van der Waals surface area (Å²) in [6, 6.07) is 9.63. The van der Waals surface area contributed by atoms with Gasteiger partial charge in [-0.15, -0.1) is 0 Å². The van der Waals surface area contributed by atoms with Gasteiger partial charge in [0.1, 0.15) is 11.6 Å². The summed E-state index contributed by atoms with van der Waals surface area (Å²) in [6.07, 6.45) is 0.964. The quantitative estimate of drug-likeness (QED) is 0.447. The molecule has 0 aliphatic carbocycles. The Morgan fingerprint density at radius 2 is 1.90 bits per heavy atom. The van der Waals surface area contributed by atoms with E-state index in [9.17, 15) is 14.3 Å². The summed E-state index contributed by atoms with van der Waals surface area (Å²) in [7, 11) is 0. The number of hydrogen-bond acceptors (Lipinski definition) is 7. The fourth-order valence-corrected chi connectivity index (χ4v) is 5.77. The van der Waals surface area contributed by atoms with Crippen molar-refractivity contribution in [1.82, 2.24) is 19.4 Å². The van der Waals surface area contributed by atoms with E-state index in [1.807, 2.05) is 0 Å². The number of ether oxygens (including phenoxy) is 3. The Morgan fingerprint density at radius 3 is 2.59 bits per heavy atom. The summed E-state index contributed by atoms with van der Waals surface area (Å²) in [5.41, 5.74) is 2.24. The first-order chi connectivity index (χ1) is 18.8. The standard InChI is InChI=1S/C28H32ClFN4O5/c1-28(22-4-3-19(29)13-23(22)30)38-17-21(39-28)14-32-7-9-33(10-8-32)16-26-31-24-5-2-18(27(35)36)12-25(24)34(26)15-20-6-11-37-20/h2-5,12-13,20-21H,6-11,14-17H2,1H3,(H,35,36). The third kappa shape index (κ3) is 5.54. The van der Waals surface area contributed by atoms with Crippen LogP contribution >= 0.6 is 11.6 Å². The predicted octanol–water partition coefficient (Wildman–Crippen LogP) is 3.72. The lowest BCUT2D eigenvalue weighted by molar-refractivity contribution is -0.165. The Hall–Kier alpha value is -2.60. The first-order valence-corrected chi connectivity index (χ1v) is 13.7. The molecule has 3 aliphatic heterocycles. The van der Waals surface area contributed by atoms with Crippen LogP contribution in [0.5, 0.6) is 0 Å². The number of fused-ring (bicyclic) bond motifs is 1. The molecule has 39 heavy (non-hydrogen) atoms. The lowest BCUT2D eigenvalue weighted by Crippen LogP contribution is -2.48. The summed E-state index contributed by atoms with van der Waals surface area (Å²) in [5, 5.41) is 9.81. The number of aromatic carboxylic acids is 1. The number of benzene rings is 2. The molecule has 3 atom stereocenters. The van der Waals surface area contributed by atoms with Crippen LogP contribution in [0.25, 0.3) is 11.0 Å². The van der Waals surface area contributed by atoms with Crippen LogP contribution in [-0.2, 0) is 33.1 Å². The highest BCUT2D eigenvalue weighted by Crippen LogP contribution is 2.36. The molecule has 3 unspecified atom stereocenters. The maximum absolute atomic E-state index is 14.5. The number of rotatable bonds is 8. The maximum Gasteiger partial charge on any atom is 0.335 e. The lowest BCUT2D eigenvalue weighted by atomic mass is 10.1. The van der Waals surface area contributed by atoms with Gasteiger partial charge >= 0.3 is 5.97 Å². The van der Waals surface area contributed by atoms with Crippen LogP contribution in [0.3, 0.4) is 0 Å². The van der Waals surface area contributed by atoms with Crippen molar-refractivity contribution in [2.24, 2.45) is 0 Å². The zero-order valence-electron chi connectivity index (χ0n) is 21.8. The fourth-order valence-electron chi connectivity index (χ4n) is 5.61. The average Bonchev–Trinajstić information content (AvgIpc) is 3.42. The Bertz CT molecular complexity index is 1370. The number of halogens is 2. The number of carboxylic acid groups (broad SMARTS) is 1. The van der Waals surface area contributed by atoms with Gasteiger partial charge < -0.3 is 23.9 Å². The van der Waals surface area contributed by atoms with Crippen LogP contribution < -0.4 is 0 Å². The summed E-state index contributed by atoms with van der Waals surface area (Å²) in [5.74, 6) is -1.60. The normalized spacial score (nSPS) is 26.2. The van der Waals surface area contributed by atoms with E-state index in [4.69, 9.17) is 30.8 Å². The molecule has 1 aromatic heterocycles. The highest BCUT2D eigenvalue weighted by Gasteiger charge is 2.41. The van der Waals surface area contributed by atoms with Crippen molar-refractivity contribution in [3.05, 3.63) is 64.2 Å². The molecule has 3 aliphatic rings. The van der Waals surface area contributed by atoms with Gasteiger partial charge in [-0.3, -0.25) is 9.80 Å². The Labute approximate surface area is 231 Å². The minimum Gasteiger partial charge on any atom is -0.478 e. The molecule has 3 fully saturated rings. The molecular formula is C28H32ClFN4O5. The average molecular weight is 559 g/mol. The summed E-state index contributed by atoms with van der Waals surface area (Å²) < 4.78 is 34.4. The van der Waals surface area contributed by atoms with Gasteiger partial charge in [-0.25, -0.2) is 14.2 Å². The topological polar surface area (TPSA) is 89.3 Å². The molecule has 0 amide bonds. The zero-order chi connectivity index (χ0) is 27.1. The van der Waals surface area contributed by atoms with Crippen LogP contribution in [0.4, 0.5) is 4.39 Å². The van der Waals surface area contributed by atoms with E-state index in [2.05, 4.69) is 14.4 Å². The number of hydrogen-bond donors (Lipinski definition) is 1. The number of imidazole rings is 1. The third-order valence-electron chi connectivity index (χ3n) is 7.90. The molecule has 3 aromatic rings. The Kier molecular flexibility index (Phi) is 7.34. The van der Waals surface area contributed by atoms with Gasteiger partial charge in [0.2, 0.25) is 0 Å². The van der Waals surface area contributed by atoms with E-state index in [1.54, 1.807) is 37.3 Å². The van der Waals surface area contributed by atoms with Crippen LogP contribution in [0.2, 0.25) is 5.02 Å². The van der Waals surface area contributed by atoms with Crippen molar-refractivity contribution in [3.8, 4) is 0 Å². The largest absolute Gasteiger partial charge is 0.478 e. The zero-order valence-corrected chi connectivity index (χ0v) is 22.6. The molecule has 1 N–H and O–H groups in total. The van der Waals surface area contributed by atoms with E-state index in [0.29, 0.717) is 36.8 Å². The molecule has 3 saturated heterocycles. The van der Waals surface area contributed by atoms with Crippen molar-refractivity contribution in [3.63, 3.8) is 0 Å². The molecule has 4 heterocycles. The van der Waals surface area contributed by atoms with Crippen molar-refractivity contribution >= 4 is 28.6 Å². The molecule has 0 spiro atoms. The highest BCUT2D eigenvalue weighted by atomic mass is 35.5. The molecule has 6 rings (SSSR count). The molecule has 0 bridgehead atoms. The second-order valence-corrected chi connectivity index (χ2v) is 11.1. The third-order valence-corrected chi connectivity index (χ3v) is 8.14. The first-order valence-electron chi connectivity index (χ1n) is 13.3. The van der Waals surface area contributed by atoms with Gasteiger partial charge in [-0.2, -0.15) is 0 Å². The Morgan fingerprint density at radius 1 is 1.13 bits per heavy atom. The molecular weight excluding hydrogens is 527 g/mol. The van der Waals surface area contributed by atoms with Gasteiger partial charge in [0, 0.05) is 49.9 Å². The molecule has 208 valence electrons. The molecule has 0 radical (unpaired) electrons. The lowest BCUT2D eigenvalue weighted by Gasteiger charge is -2.36. The minimum atomic E-state index is -1.13. The van der Waals surface area contributed by atoms with Gasteiger partial charge in [0.25, 0.3) is 0 Å². The first kappa shape index (κ1) is 26.6. The van der Waals surface area contributed by atoms with Crippen molar-refractivity contribution in [2.75, 3.05) is 45.9 Å². The maximum atomic E-state index is 14.5. The SMILES string of the molecule is CC1(c2ccc(Cl)cc2F)OCC(CN2CCN(Cc3nc4ccc(C(=O)O)cc4n3CC3CCO3)CC2)O1. The van der Waals surface area contributed by atoms with Crippen molar-refractivity contribution < 1.29 is 28.5 Å². The second kappa shape index (κ2) is 10.8. The molecule has 2 aromatic carbocycles. The fraction of sp³-hybridized carbons (Fsp3) is 0.500. The van der Waals surface area contributed by atoms with Crippen LogP contribution in [0.15, 0.2) is 36.4 Å². The van der Waals surface area contributed by atoms with Gasteiger partial charge in [0.15, 0.2) is 5.79 Å². The van der Waals surface area contributed by atoms with Crippen LogP contribution in [-0.4, -0.2) is 88.6 Å². The van der Waals surface area contributed by atoms with E-state index >= 15 is 0 Å². The Balaban J connectivity index is 1.08. The van der Waals surface area contributed by atoms with E-state index in [1.165, 1.54) is 6.07 Å². The summed E-state index contributed by atoms with van der Waals surface area (Å²) in [6.45, 7) is 8.40.